The topological polar surface area (TPSA) is 58.6 Å². The highest BCUT2D eigenvalue weighted by molar-refractivity contribution is 5.76. The normalized spacial score (nSPS) is 16.5. The maximum atomic E-state index is 11.2. The molecule has 0 saturated heterocycles. The second-order valence-corrected chi connectivity index (χ2v) is 4.14. The van der Waals surface area contributed by atoms with Crippen LogP contribution in [0.4, 0.5) is 0 Å². The summed E-state index contributed by atoms with van der Waals surface area (Å²) in [4.78, 5) is 11.2. The standard InChI is InChI=1S/C9H19NO3/c1-6(11)7(8(12)13-5)10-9(2,3)4/h6-7,10-11H,1-5H3/t6-,7-/m1/s1. The third kappa shape index (κ3) is 4.85. The molecule has 0 spiro atoms. The molecule has 0 aromatic carbocycles. The van der Waals surface area contributed by atoms with E-state index in [1.807, 2.05) is 20.8 Å². The van der Waals surface area contributed by atoms with E-state index in [1.165, 1.54) is 7.11 Å². The molecule has 0 aromatic heterocycles. The van der Waals surface area contributed by atoms with Gasteiger partial charge in [0.1, 0.15) is 6.04 Å². The number of methoxy groups -OCH3 is 1. The highest BCUT2D eigenvalue weighted by atomic mass is 16.5. The van der Waals surface area contributed by atoms with Crippen molar-refractivity contribution in [1.82, 2.24) is 5.32 Å². The number of carbonyl (C=O) groups is 1. The van der Waals surface area contributed by atoms with Gasteiger partial charge in [0.15, 0.2) is 0 Å². The predicted molar refractivity (Wildman–Crippen MR) is 50.4 cm³/mol. The molecule has 0 bridgehead atoms. The number of hydrogen-bond acceptors (Lipinski definition) is 4. The zero-order valence-corrected chi connectivity index (χ0v) is 8.92. The summed E-state index contributed by atoms with van der Waals surface area (Å²) in [5.41, 5.74) is -0.226. The predicted octanol–water partition coefficient (Wildman–Crippen LogP) is 0.297. The van der Waals surface area contributed by atoms with Crippen molar-refractivity contribution in [3.63, 3.8) is 0 Å². The van der Waals surface area contributed by atoms with E-state index in [4.69, 9.17) is 0 Å². The van der Waals surface area contributed by atoms with E-state index in [9.17, 15) is 9.90 Å². The molecule has 13 heavy (non-hydrogen) atoms. The van der Waals surface area contributed by atoms with Crippen LogP contribution in [0, 0.1) is 0 Å². The zero-order valence-electron chi connectivity index (χ0n) is 8.92. The van der Waals surface area contributed by atoms with Gasteiger partial charge in [-0.3, -0.25) is 10.1 Å². The Labute approximate surface area is 79.3 Å². The van der Waals surface area contributed by atoms with Gasteiger partial charge in [-0.25, -0.2) is 0 Å². The average molecular weight is 189 g/mol. The largest absolute Gasteiger partial charge is 0.468 e. The first-order chi connectivity index (χ1) is 5.78. The smallest absolute Gasteiger partial charge is 0.325 e. The molecule has 0 heterocycles. The third-order valence-corrected chi connectivity index (χ3v) is 1.53. The molecule has 4 heteroatoms. The van der Waals surface area contributed by atoms with Crippen molar-refractivity contribution in [3.8, 4) is 0 Å². The van der Waals surface area contributed by atoms with Gasteiger partial charge >= 0.3 is 5.97 Å². The molecule has 0 radical (unpaired) electrons. The fourth-order valence-electron chi connectivity index (χ4n) is 0.970. The quantitative estimate of drug-likeness (QED) is 0.627. The van der Waals surface area contributed by atoms with Gasteiger partial charge in [-0.2, -0.15) is 0 Å². The van der Waals surface area contributed by atoms with E-state index in [1.54, 1.807) is 6.92 Å². The van der Waals surface area contributed by atoms with Crippen LogP contribution in [-0.2, 0) is 9.53 Å². The molecule has 0 aliphatic carbocycles. The molecular weight excluding hydrogens is 170 g/mol. The van der Waals surface area contributed by atoms with Crippen LogP contribution in [0.5, 0.6) is 0 Å². The van der Waals surface area contributed by atoms with E-state index >= 15 is 0 Å². The van der Waals surface area contributed by atoms with Crippen molar-refractivity contribution < 1.29 is 14.6 Å². The molecule has 0 amide bonds. The number of rotatable bonds is 3. The van der Waals surface area contributed by atoms with Crippen molar-refractivity contribution in [2.24, 2.45) is 0 Å². The summed E-state index contributed by atoms with van der Waals surface area (Å²) in [5.74, 6) is -0.440. The second-order valence-electron chi connectivity index (χ2n) is 4.14. The molecule has 2 atom stereocenters. The van der Waals surface area contributed by atoms with Crippen LogP contribution in [0.25, 0.3) is 0 Å². The minimum atomic E-state index is -0.758. The van der Waals surface area contributed by atoms with Crippen LogP contribution in [0.2, 0.25) is 0 Å². The van der Waals surface area contributed by atoms with Crippen LogP contribution in [-0.4, -0.2) is 35.9 Å². The van der Waals surface area contributed by atoms with E-state index in [2.05, 4.69) is 10.1 Å². The molecule has 0 unspecified atom stereocenters. The van der Waals surface area contributed by atoms with E-state index < -0.39 is 18.1 Å². The van der Waals surface area contributed by atoms with Crippen LogP contribution in [0.1, 0.15) is 27.7 Å². The van der Waals surface area contributed by atoms with Gasteiger partial charge < -0.3 is 9.84 Å². The summed E-state index contributed by atoms with van der Waals surface area (Å²) in [6, 6.07) is -0.662. The number of esters is 1. The molecule has 0 rings (SSSR count). The van der Waals surface area contributed by atoms with Crippen molar-refractivity contribution in [3.05, 3.63) is 0 Å². The Morgan fingerprint density at radius 2 is 1.92 bits per heavy atom. The first kappa shape index (κ1) is 12.4. The molecule has 0 aliphatic rings. The molecule has 4 nitrogen and oxygen atoms in total. The molecule has 0 saturated carbocycles. The van der Waals surface area contributed by atoms with Gasteiger partial charge in [0.25, 0.3) is 0 Å². The Morgan fingerprint density at radius 3 is 2.15 bits per heavy atom. The van der Waals surface area contributed by atoms with Gasteiger partial charge in [0, 0.05) is 5.54 Å². The maximum Gasteiger partial charge on any atom is 0.325 e. The number of aliphatic hydroxyl groups excluding tert-OH is 1. The van der Waals surface area contributed by atoms with Gasteiger partial charge in [0.05, 0.1) is 13.2 Å². The second kappa shape index (κ2) is 4.58. The zero-order chi connectivity index (χ0) is 10.6. The lowest BCUT2D eigenvalue weighted by atomic mass is 10.0. The Morgan fingerprint density at radius 1 is 1.46 bits per heavy atom. The first-order valence-electron chi connectivity index (χ1n) is 4.31. The summed E-state index contributed by atoms with van der Waals surface area (Å²) >= 11 is 0. The highest BCUT2D eigenvalue weighted by Crippen LogP contribution is 2.05. The van der Waals surface area contributed by atoms with Crippen molar-refractivity contribution in [1.29, 1.82) is 0 Å². The van der Waals surface area contributed by atoms with E-state index in [0.717, 1.165) is 0 Å². The highest BCUT2D eigenvalue weighted by Gasteiger charge is 2.28. The number of ether oxygens (including phenoxy) is 1. The lowest BCUT2D eigenvalue weighted by Crippen LogP contribution is -2.53. The average Bonchev–Trinajstić information content (AvgIpc) is 1.96. The SMILES string of the molecule is COC(=O)[C@H](NC(C)(C)C)[C@@H](C)O. The molecule has 2 N–H and O–H groups in total. The van der Waals surface area contributed by atoms with Gasteiger partial charge in [-0.15, -0.1) is 0 Å². The number of aliphatic hydroxyl groups is 1. The monoisotopic (exact) mass is 189 g/mol. The molecule has 0 aliphatic heterocycles. The summed E-state index contributed by atoms with van der Waals surface area (Å²) in [6.45, 7) is 7.32. The molecular formula is C9H19NO3. The Hall–Kier alpha value is -0.610. The first-order valence-corrected chi connectivity index (χ1v) is 4.31. The molecule has 0 aromatic rings. The van der Waals surface area contributed by atoms with Crippen LogP contribution in [0.15, 0.2) is 0 Å². The Kier molecular flexibility index (Phi) is 4.36. The summed E-state index contributed by atoms with van der Waals surface area (Å²) in [5, 5.41) is 12.3. The third-order valence-electron chi connectivity index (χ3n) is 1.53. The van der Waals surface area contributed by atoms with Gasteiger partial charge in [-0.05, 0) is 27.7 Å². The van der Waals surface area contributed by atoms with Crippen molar-refractivity contribution >= 4 is 5.97 Å². The summed E-state index contributed by atoms with van der Waals surface area (Å²) < 4.78 is 4.56. The minimum Gasteiger partial charge on any atom is -0.468 e. The number of carbonyl (C=O) groups excluding carboxylic acids is 1. The van der Waals surface area contributed by atoms with E-state index in [0.29, 0.717) is 0 Å². The minimum absolute atomic E-state index is 0.226. The summed E-state index contributed by atoms with van der Waals surface area (Å²) in [7, 11) is 1.31. The fourth-order valence-corrected chi connectivity index (χ4v) is 0.970. The van der Waals surface area contributed by atoms with Crippen LogP contribution in [0.3, 0.4) is 0 Å². The number of nitrogens with one attached hydrogen (secondary N) is 1. The fraction of sp³-hybridized carbons (Fsp3) is 0.889. The van der Waals surface area contributed by atoms with Crippen molar-refractivity contribution in [2.75, 3.05) is 7.11 Å². The van der Waals surface area contributed by atoms with Gasteiger partial charge in [-0.1, -0.05) is 0 Å². The van der Waals surface area contributed by atoms with Crippen LogP contribution >= 0.6 is 0 Å². The molecule has 78 valence electrons. The Balaban J connectivity index is 4.36. The Bertz CT molecular complexity index is 172. The maximum absolute atomic E-state index is 11.2. The number of hydrogen-bond donors (Lipinski definition) is 2. The van der Waals surface area contributed by atoms with Gasteiger partial charge in [0.2, 0.25) is 0 Å². The van der Waals surface area contributed by atoms with Crippen LogP contribution < -0.4 is 5.32 Å². The van der Waals surface area contributed by atoms with E-state index in [-0.39, 0.29) is 5.54 Å². The summed E-state index contributed by atoms with van der Waals surface area (Å²) in [6.07, 6.45) is -0.758. The lowest BCUT2D eigenvalue weighted by molar-refractivity contribution is -0.146. The molecule has 0 fully saturated rings. The lowest BCUT2D eigenvalue weighted by Gasteiger charge is -2.28. The van der Waals surface area contributed by atoms with Crippen molar-refractivity contribution in [2.45, 2.75) is 45.4 Å².